The molecule has 0 heterocycles. The Labute approximate surface area is 101 Å². The number of Topliss-reactive ketones (excluding diaryl/α,β-unsaturated/α-hetero) is 1. The quantitative estimate of drug-likeness (QED) is 0.682. The van der Waals surface area contributed by atoms with Crippen LogP contribution in [-0.2, 0) is 4.79 Å². The molecule has 1 saturated carbocycles. The highest BCUT2D eigenvalue weighted by Crippen LogP contribution is 2.35. The summed E-state index contributed by atoms with van der Waals surface area (Å²) in [5.74, 6) is 1.92. The predicted octanol–water partition coefficient (Wildman–Crippen LogP) is 4.60. The number of rotatable bonds is 4. The Balaban J connectivity index is 2.50. The van der Waals surface area contributed by atoms with Crippen LogP contribution in [0.3, 0.4) is 0 Å². The van der Waals surface area contributed by atoms with Gasteiger partial charge in [-0.3, -0.25) is 4.79 Å². The summed E-state index contributed by atoms with van der Waals surface area (Å²) < 4.78 is 0. The molecular formula is C15H28O. The first kappa shape index (κ1) is 13.7. The van der Waals surface area contributed by atoms with E-state index in [1.54, 1.807) is 0 Å². The molecule has 0 unspecified atom stereocenters. The van der Waals surface area contributed by atoms with Gasteiger partial charge in [0.1, 0.15) is 5.78 Å². The topological polar surface area (TPSA) is 17.1 Å². The van der Waals surface area contributed by atoms with Gasteiger partial charge in [0.2, 0.25) is 0 Å². The van der Waals surface area contributed by atoms with Crippen molar-refractivity contribution in [3.63, 3.8) is 0 Å². The van der Waals surface area contributed by atoms with Crippen LogP contribution in [0, 0.1) is 17.3 Å². The molecule has 0 amide bonds. The summed E-state index contributed by atoms with van der Waals surface area (Å²) in [6, 6.07) is 0. The van der Waals surface area contributed by atoms with Gasteiger partial charge in [-0.1, -0.05) is 66.2 Å². The molecule has 0 N–H and O–H groups in total. The van der Waals surface area contributed by atoms with Crippen molar-refractivity contribution in [1.29, 1.82) is 0 Å². The molecule has 0 aliphatic heterocycles. The minimum absolute atomic E-state index is 0.151. The summed E-state index contributed by atoms with van der Waals surface area (Å²) in [5.41, 5.74) is -0.151. The molecule has 0 bridgehead atoms. The van der Waals surface area contributed by atoms with Crippen molar-refractivity contribution in [1.82, 2.24) is 0 Å². The fraction of sp³-hybridized carbons (Fsp3) is 0.933. The zero-order valence-electron chi connectivity index (χ0n) is 11.5. The number of hydrogen-bond donors (Lipinski definition) is 0. The smallest absolute Gasteiger partial charge is 0.138 e. The fourth-order valence-electron chi connectivity index (χ4n) is 2.79. The summed E-state index contributed by atoms with van der Waals surface area (Å²) in [4.78, 5) is 12.1. The third-order valence-corrected chi connectivity index (χ3v) is 4.12. The minimum atomic E-state index is -0.151. The van der Waals surface area contributed by atoms with Crippen LogP contribution in [0.5, 0.6) is 0 Å². The van der Waals surface area contributed by atoms with E-state index < -0.39 is 0 Å². The molecular weight excluding hydrogens is 196 g/mol. The third kappa shape index (κ3) is 3.92. The van der Waals surface area contributed by atoms with Gasteiger partial charge in [0.15, 0.2) is 0 Å². The van der Waals surface area contributed by atoms with E-state index in [4.69, 9.17) is 0 Å². The molecule has 1 aliphatic rings. The monoisotopic (exact) mass is 224 g/mol. The normalized spacial score (nSPS) is 20.8. The Hall–Kier alpha value is -0.330. The molecule has 0 aromatic heterocycles. The lowest BCUT2D eigenvalue weighted by Crippen LogP contribution is -2.27. The number of hydrogen-bond acceptors (Lipinski definition) is 1. The van der Waals surface area contributed by atoms with E-state index in [-0.39, 0.29) is 5.41 Å². The van der Waals surface area contributed by atoms with Crippen molar-refractivity contribution in [2.24, 2.45) is 17.3 Å². The van der Waals surface area contributed by atoms with E-state index in [9.17, 15) is 4.79 Å². The molecule has 0 saturated heterocycles. The van der Waals surface area contributed by atoms with Gasteiger partial charge in [-0.25, -0.2) is 0 Å². The van der Waals surface area contributed by atoms with Crippen LogP contribution < -0.4 is 0 Å². The van der Waals surface area contributed by atoms with Crippen LogP contribution in [0.1, 0.15) is 72.6 Å². The van der Waals surface area contributed by atoms with Crippen molar-refractivity contribution in [3.05, 3.63) is 0 Å². The zero-order chi connectivity index (χ0) is 12.2. The van der Waals surface area contributed by atoms with Crippen LogP contribution in [0.4, 0.5) is 0 Å². The summed E-state index contributed by atoms with van der Waals surface area (Å²) in [6.07, 6.45) is 8.86. The van der Waals surface area contributed by atoms with Crippen molar-refractivity contribution in [3.8, 4) is 0 Å². The predicted molar refractivity (Wildman–Crippen MR) is 69.4 cm³/mol. The first-order valence-corrected chi connectivity index (χ1v) is 6.98. The molecule has 0 aromatic carbocycles. The molecule has 1 atom stereocenters. The van der Waals surface area contributed by atoms with E-state index >= 15 is 0 Å². The largest absolute Gasteiger partial charge is 0.299 e. The Morgan fingerprint density at radius 2 is 1.75 bits per heavy atom. The molecule has 1 aliphatic carbocycles. The Morgan fingerprint density at radius 3 is 2.19 bits per heavy atom. The van der Waals surface area contributed by atoms with Crippen molar-refractivity contribution in [2.45, 2.75) is 72.6 Å². The second-order valence-electron chi connectivity index (χ2n) is 6.44. The van der Waals surface area contributed by atoms with E-state index in [1.807, 2.05) is 20.8 Å². The summed E-state index contributed by atoms with van der Waals surface area (Å²) in [6.45, 7) is 8.38. The molecule has 1 heteroatoms. The van der Waals surface area contributed by atoms with Crippen molar-refractivity contribution >= 4 is 5.78 Å². The first-order valence-electron chi connectivity index (χ1n) is 6.98. The zero-order valence-corrected chi connectivity index (χ0v) is 11.5. The fourth-order valence-corrected chi connectivity index (χ4v) is 2.79. The van der Waals surface area contributed by atoms with Gasteiger partial charge in [-0.15, -0.1) is 0 Å². The van der Waals surface area contributed by atoms with Gasteiger partial charge in [0.25, 0.3) is 0 Å². The molecule has 0 spiro atoms. The van der Waals surface area contributed by atoms with Crippen LogP contribution in [0.2, 0.25) is 0 Å². The molecule has 1 rings (SSSR count). The van der Waals surface area contributed by atoms with Gasteiger partial charge in [-0.05, 0) is 11.8 Å². The van der Waals surface area contributed by atoms with Gasteiger partial charge < -0.3 is 0 Å². The maximum atomic E-state index is 12.1. The number of carbonyl (C=O) groups excluding carboxylic acids is 1. The summed E-state index contributed by atoms with van der Waals surface area (Å²) in [5, 5.41) is 0. The Morgan fingerprint density at radius 1 is 1.19 bits per heavy atom. The maximum Gasteiger partial charge on any atom is 0.138 e. The van der Waals surface area contributed by atoms with Gasteiger partial charge in [-0.2, -0.15) is 0 Å². The molecule has 1 nitrogen and oxygen atoms in total. The molecule has 94 valence electrons. The molecule has 16 heavy (non-hydrogen) atoms. The van der Waals surface area contributed by atoms with E-state index in [2.05, 4.69) is 6.92 Å². The molecule has 0 aromatic rings. The Kier molecular flexibility index (Phi) is 5.01. The second kappa shape index (κ2) is 5.84. The summed E-state index contributed by atoms with van der Waals surface area (Å²) >= 11 is 0. The lowest BCUT2D eigenvalue weighted by molar-refractivity contribution is -0.127. The Bertz CT molecular complexity index is 218. The van der Waals surface area contributed by atoms with Gasteiger partial charge >= 0.3 is 0 Å². The third-order valence-electron chi connectivity index (χ3n) is 4.12. The van der Waals surface area contributed by atoms with E-state index in [1.165, 1.54) is 38.5 Å². The van der Waals surface area contributed by atoms with Crippen molar-refractivity contribution < 1.29 is 4.79 Å². The van der Waals surface area contributed by atoms with Crippen molar-refractivity contribution in [2.75, 3.05) is 0 Å². The molecule has 0 radical (unpaired) electrons. The SMILES string of the molecule is CC[C@H](CC(=O)C(C)(C)C)C1CCCCC1. The highest BCUT2D eigenvalue weighted by Gasteiger charge is 2.28. The standard InChI is InChI=1S/C15H28O/c1-5-12(11-14(16)15(2,3)4)13-9-7-6-8-10-13/h12-13H,5-11H2,1-4H3/t12-/m1/s1. The lowest BCUT2D eigenvalue weighted by Gasteiger charge is -2.31. The van der Waals surface area contributed by atoms with Gasteiger partial charge in [0.05, 0.1) is 0 Å². The second-order valence-corrected chi connectivity index (χ2v) is 6.44. The highest BCUT2D eigenvalue weighted by molar-refractivity contribution is 5.83. The average Bonchev–Trinajstić information content (AvgIpc) is 2.25. The maximum absolute atomic E-state index is 12.1. The van der Waals surface area contributed by atoms with Crippen LogP contribution in [0.15, 0.2) is 0 Å². The first-order chi connectivity index (χ1) is 7.45. The minimum Gasteiger partial charge on any atom is -0.299 e. The van der Waals surface area contributed by atoms with Gasteiger partial charge in [0, 0.05) is 11.8 Å². The lowest BCUT2D eigenvalue weighted by atomic mass is 9.74. The summed E-state index contributed by atoms with van der Waals surface area (Å²) in [7, 11) is 0. The van der Waals surface area contributed by atoms with Crippen LogP contribution in [0.25, 0.3) is 0 Å². The number of ketones is 1. The number of carbonyl (C=O) groups is 1. The van der Waals surface area contributed by atoms with E-state index in [0.717, 1.165) is 12.3 Å². The molecule has 1 fully saturated rings. The average molecular weight is 224 g/mol. The van der Waals surface area contributed by atoms with Crippen LogP contribution in [-0.4, -0.2) is 5.78 Å². The van der Waals surface area contributed by atoms with E-state index in [0.29, 0.717) is 11.7 Å². The highest BCUT2D eigenvalue weighted by atomic mass is 16.1. The van der Waals surface area contributed by atoms with Crippen LogP contribution >= 0.6 is 0 Å².